The average Bonchev–Trinajstić information content (AvgIpc) is 2.36. The molecule has 0 atom stereocenters. The van der Waals surface area contributed by atoms with Crippen molar-refractivity contribution in [1.82, 2.24) is 4.98 Å². The van der Waals surface area contributed by atoms with Gasteiger partial charge in [0.15, 0.2) is 11.6 Å². The molecule has 0 aromatic carbocycles. The molecule has 0 fully saturated rings. The van der Waals surface area contributed by atoms with Gasteiger partial charge in [0.1, 0.15) is 0 Å². The summed E-state index contributed by atoms with van der Waals surface area (Å²) in [6, 6.07) is 3.64. The highest BCUT2D eigenvalue weighted by Crippen LogP contribution is 2.23. The summed E-state index contributed by atoms with van der Waals surface area (Å²) in [4.78, 5) is 17.3. The molecule has 0 aliphatic rings. The number of anilines is 1. The van der Waals surface area contributed by atoms with Crippen LogP contribution in [-0.2, 0) is 9.53 Å². The molecule has 17 heavy (non-hydrogen) atoms. The van der Waals surface area contributed by atoms with Gasteiger partial charge in [0.2, 0.25) is 0 Å². The average molecular weight is 238 g/mol. The summed E-state index contributed by atoms with van der Waals surface area (Å²) >= 11 is 0. The second-order valence-corrected chi connectivity index (χ2v) is 3.51. The molecule has 1 aromatic heterocycles. The number of hydrogen-bond donors (Lipinski definition) is 0. The van der Waals surface area contributed by atoms with Crippen LogP contribution in [0.1, 0.15) is 13.3 Å². The minimum absolute atomic E-state index is 0.200. The first kappa shape index (κ1) is 13.3. The van der Waals surface area contributed by atoms with E-state index in [1.165, 1.54) is 0 Å². The lowest BCUT2D eigenvalue weighted by atomic mass is 10.3. The third-order valence-electron chi connectivity index (χ3n) is 2.29. The summed E-state index contributed by atoms with van der Waals surface area (Å²) in [6.45, 7) is 2.76. The van der Waals surface area contributed by atoms with Crippen LogP contribution in [0, 0.1) is 0 Å². The predicted molar refractivity (Wildman–Crippen MR) is 65.3 cm³/mol. The SMILES string of the molecule is CCOC(=O)CCN(C)c1ncccc1OC. The van der Waals surface area contributed by atoms with Gasteiger partial charge in [0.05, 0.1) is 20.1 Å². The summed E-state index contributed by atoms with van der Waals surface area (Å²) in [5, 5.41) is 0. The maximum Gasteiger partial charge on any atom is 0.307 e. The second kappa shape index (κ2) is 6.73. The van der Waals surface area contributed by atoms with Crippen LogP contribution >= 0.6 is 0 Å². The third-order valence-corrected chi connectivity index (χ3v) is 2.29. The van der Waals surface area contributed by atoms with Crippen molar-refractivity contribution in [2.24, 2.45) is 0 Å². The number of carbonyl (C=O) groups is 1. The van der Waals surface area contributed by atoms with Gasteiger partial charge in [-0.1, -0.05) is 0 Å². The Balaban J connectivity index is 2.57. The van der Waals surface area contributed by atoms with E-state index in [9.17, 15) is 4.79 Å². The molecule has 0 aliphatic heterocycles. The van der Waals surface area contributed by atoms with Crippen LogP contribution in [0.3, 0.4) is 0 Å². The minimum Gasteiger partial charge on any atom is -0.493 e. The van der Waals surface area contributed by atoms with Gasteiger partial charge in [0.25, 0.3) is 0 Å². The first-order valence-electron chi connectivity index (χ1n) is 5.54. The zero-order valence-corrected chi connectivity index (χ0v) is 10.5. The summed E-state index contributed by atoms with van der Waals surface area (Å²) in [5.74, 6) is 1.22. The molecule has 0 saturated heterocycles. The largest absolute Gasteiger partial charge is 0.493 e. The van der Waals surface area contributed by atoms with Gasteiger partial charge >= 0.3 is 5.97 Å². The molecule has 0 N–H and O–H groups in total. The summed E-state index contributed by atoms with van der Waals surface area (Å²) in [6.07, 6.45) is 2.03. The van der Waals surface area contributed by atoms with Crippen LogP contribution in [0.25, 0.3) is 0 Å². The van der Waals surface area contributed by atoms with Gasteiger partial charge in [-0.3, -0.25) is 4.79 Å². The Bertz CT molecular complexity index is 369. The first-order valence-corrected chi connectivity index (χ1v) is 5.54. The van der Waals surface area contributed by atoms with Gasteiger partial charge in [-0.05, 0) is 19.1 Å². The number of hydrogen-bond acceptors (Lipinski definition) is 5. The van der Waals surface area contributed by atoms with Gasteiger partial charge in [0, 0.05) is 19.8 Å². The summed E-state index contributed by atoms with van der Waals surface area (Å²) in [5.41, 5.74) is 0. The van der Waals surface area contributed by atoms with E-state index in [4.69, 9.17) is 9.47 Å². The molecule has 0 radical (unpaired) electrons. The molecule has 0 spiro atoms. The predicted octanol–water partition coefficient (Wildman–Crippen LogP) is 1.48. The zero-order chi connectivity index (χ0) is 12.7. The number of esters is 1. The monoisotopic (exact) mass is 238 g/mol. The van der Waals surface area contributed by atoms with Crippen LogP contribution in [-0.4, -0.2) is 38.3 Å². The fourth-order valence-corrected chi connectivity index (χ4v) is 1.43. The Kier molecular flexibility index (Phi) is 5.26. The Morgan fingerprint density at radius 2 is 2.29 bits per heavy atom. The maximum absolute atomic E-state index is 11.2. The van der Waals surface area contributed by atoms with E-state index < -0.39 is 0 Å². The van der Waals surface area contributed by atoms with Crippen molar-refractivity contribution in [3.8, 4) is 5.75 Å². The quantitative estimate of drug-likeness (QED) is 0.703. The fraction of sp³-hybridized carbons (Fsp3) is 0.500. The van der Waals surface area contributed by atoms with Crippen molar-refractivity contribution in [3.63, 3.8) is 0 Å². The first-order chi connectivity index (χ1) is 8.19. The van der Waals surface area contributed by atoms with E-state index in [2.05, 4.69) is 4.98 Å². The van der Waals surface area contributed by atoms with Gasteiger partial charge in [-0.15, -0.1) is 0 Å². The number of pyridine rings is 1. The zero-order valence-electron chi connectivity index (χ0n) is 10.5. The van der Waals surface area contributed by atoms with E-state index in [1.54, 1.807) is 20.2 Å². The molecule has 0 amide bonds. The Labute approximate surface area is 101 Å². The molecule has 1 heterocycles. The molecule has 5 heteroatoms. The number of rotatable bonds is 6. The Morgan fingerprint density at radius 3 is 2.94 bits per heavy atom. The number of ether oxygens (including phenoxy) is 2. The molecule has 0 bridgehead atoms. The smallest absolute Gasteiger partial charge is 0.307 e. The molecular weight excluding hydrogens is 220 g/mol. The highest BCUT2D eigenvalue weighted by Gasteiger charge is 2.10. The topological polar surface area (TPSA) is 51.7 Å². The van der Waals surface area contributed by atoms with Crippen molar-refractivity contribution < 1.29 is 14.3 Å². The van der Waals surface area contributed by atoms with E-state index in [1.807, 2.05) is 24.1 Å². The molecule has 5 nitrogen and oxygen atoms in total. The Morgan fingerprint density at radius 1 is 1.53 bits per heavy atom. The normalized spacial score (nSPS) is 9.82. The van der Waals surface area contributed by atoms with E-state index in [0.29, 0.717) is 25.3 Å². The van der Waals surface area contributed by atoms with Crippen LogP contribution < -0.4 is 9.64 Å². The highest BCUT2D eigenvalue weighted by atomic mass is 16.5. The second-order valence-electron chi connectivity index (χ2n) is 3.51. The molecule has 1 rings (SSSR count). The van der Waals surface area contributed by atoms with Crippen LogP contribution in [0.5, 0.6) is 5.75 Å². The highest BCUT2D eigenvalue weighted by molar-refractivity contribution is 5.70. The van der Waals surface area contributed by atoms with Crippen molar-refractivity contribution in [2.75, 3.05) is 32.2 Å². The van der Waals surface area contributed by atoms with E-state index in [0.717, 1.165) is 5.82 Å². The fourth-order valence-electron chi connectivity index (χ4n) is 1.43. The van der Waals surface area contributed by atoms with Crippen molar-refractivity contribution in [3.05, 3.63) is 18.3 Å². The van der Waals surface area contributed by atoms with Crippen LogP contribution in [0.4, 0.5) is 5.82 Å². The number of nitrogens with zero attached hydrogens (tertiary/aromatic N) is 2. The number of aromatic nitrogens is 1. The molecular formula is C12H18N2O3. The summed E-state index contributed by atoms with van der Waals surface area (Å²) < 4.78 is 10.1. The molecule has 94 valence electrons. The molecule has 0 unspecified atom stereocenters. The standard InChI is InChI=1S/C12H18N2O3/c1-4-17-11(15)7-9-14(2)12-10(16-3)6-5-8-13-12/h5-6,8H,4,7,9H2,1-3H3. The third kappa shape index (κ3) is 3.94. The van der Waals surface area contributed by atoms with Crippen molar-refractivity contribution in [2.45, 2.75) is 13.3 Å². The van der Waals surface area contributed by atoms with E-state index in [-0.39, 0.29) is 5.97 Å². The molecule has 1 aromatic rings. The molecule has 0 saturated carbocycles. The lowest BCUT2D eigenvalue weighted by Crippen LogP contribution is -2.23. The van der Waals surface area contributed by atoms with E-state index >= 15 is 0 Å². The molecule has 0 aliphatic carbocycles. The number of methoxy groups -OCH3 is 1. The summed E-state index contributed by atoms with van der Waals surface area (Å²) in [7, 11) is 3.46. The lowest BCUT2D eigenvalue weighted by Gasteiger charge is -2.19. The van der Waals surface area contributed by atoms with Gasteiger partial charge in [-0.25, -0.2) is 4.98 Å². The van der Waals surface area contributed by atoms with Gasteiger partial charge < -0.3 is 14.4 Å². The van der Waals surface area contributed by atoms with Crippen LogP contribution in [0.2, 0.25) is 0 Å². The minimum atomic E-state index is -0.200. The van der Waals surface area contributed by atoms with Crippen molar-refractivity contribution >= 4 is 11.8 Å². The van der Waals surface area contributed by atoms with Crippen LogP contribution in [0.15, 0.2) is 18.3 Å². The Hall–Kier alpha value is -1.78. The number of carbonyl (C=O) groups excluding carboxylic acids is 1. The van der Waals surface area contributed by atoms with Gasteiger partial charge in [-0.2, -0.15) is 0 Å². The van der Waals surface area contributed by atoms with Crippen molar-refractivity contribution in [1.29, 1.82) is 0 Å². The maximum atomic E-state index is 11.2. The lowest BCUT2D eigenvalue weighted by molar-refractivity contribution is -0.142.